The number of rotatable bonds is 3. The Bertz CT molecular complexity index is 472. The Morgan fingerprint density at radius 3 is 2.69 bits per heavy atom. The van der Waals surface area contributed by atoms with Gasteiger partial charge in [-0.05, 0) is 20.8 Å². The Hall–Kier alpha value is -1.62. The maximum atomic E-state index is 5.87. The molecular formula is C11H16N4O. The van der Waals surface area contributed by atoms with E-state index in [0.29, 0.717) is 5.89 Å². The number of imidazole rings is 1. The topological polar surface area (TPSA) is 69.9 Å². The number of aromatic nitrogens is 3. The highest BCUT2D eigenvalue weighted by Crippen LogP contribution is 2.21. The Morgan fingerprint density at radius 2 is 2.12 bits per heavy atom. The fraction of sp³-hybridized carbons (Fsp3) is 0.455. The lowest BCUT2D eigenvalue weighted by atomic mass is 10.2. The summed E-state index contributed by atoms with van der Waals surface area (Å²) in [5.41, 5.74) is 6.84. The smallest absolute Gasteiger partial charge is 0.217 e. The van der Waals surface area contributed by atoms with E-state index in [0.717, 1.165) is 11.5 Å². The van der Waals surface area contributed by atoms with E-state index in [9.17, 15) is 0 Å². The Balaban J connectivity index is 2.33. The number of aryl methyl sites for hydroxylation is 1. The van der Waals surface area contributed by atoms with E-state index in [4.69, 9.17) is 10.2 Å². The third kappa shape index (κ3) is 1.86. The molecule has 0 bridgehead atoms. The van der Waals surface area contributed by atoms with Crippen molar-refractivity contribution < 1.29 is 4.42 Å². The van der Waals surface area contributed by atoms with Crippen LogP contribution in [0.25, 0.3) is 0 Å². The van der Waals surface area contributed by atoms with Crippen LogP contribution < -0.4 is 5.73 Å². The predicted molar refractivity (Wildman–Crippen MR) is 59.9 cm³/mol. The second-order valence-corrected chi connectivity index (χ2v) is 4.00. The van der Waals surface area contributed by atoms with Crippen LogP contribution in [0, 0.1) is 6.92 Å². The zero-order valence-electron chi connectivity index (χ0n) is 9.71. The summed E-state index contributed by atoms with van der Waals surface area (Å²) in [6.45, 7) is 5.82. The first kappa shape index (κ1) is 10.9. The van der Waals surface area contributed by atoms with Gasteiger partial charge in [0, 0.05) is 12.2 Å². The first-order valence-corrected chi connectivity index (χ1v) is 5.29. The van der Waals surface area contributed by atoms with Crippen LogP contribution in [-0.2, 0) is 0 Å². The van der Waals surface area contributed by atoms with Gasteiger partial charge in [0.1, 0.15) is 11.8 Å². The second-order valence-electron chi connectivity index (χ2n) is 4.00. The molecule has 5 nitrogen and oxygen atoms in total. The molecule has 2 atom stereocenters. The van der Waals surface area contributed by atoms with Gasteiger partial charge in [0.2, 0.25) is 5.89 Å². The summed E-state index contributed by atoms with van der Waals surface area (Å²) in [7, 11) is 0. The Kier molecular flexibility index (Phi) is 2.78. The first-order valence-electron chi connectivity index (χ1n) is 5.29. The maximum absolute atomic E-state index is 5.87. The van der Waals surface area contributed by atoms with Crippen molar-refractivity contribution in [1.82, 2.24) is 14.5 Å². The molecule has 2 heterocycles. The fourth-order valence-corrected chi connectivity index (χ4v) is 1.68. The first-order chi connectivity index (χ1) is 7.59. The maximum Gasteiger partial charge on any atom is 0.217 e. The van der Waals surface area contributed by atoms with E-state index in [1.54, 1.807) is 18.7 Å². The van der Waals surface area contributed by atoms with Crippen LogP contribution >= 0.6 is 0 Å². The van der Waals surface area contributed by atoms with E-state index in [2.05, 4.69) is 9.97 Å². The molecule has 0 aliphatic rings. The highest BCUT2D eigenvalue weighted by atomic mass is 16.4. The van der Waals surface area contributed by atoms with Crippen LogP contribution in [-0.4, -0.2) is 14.5 Å². The van der Waals surface area contributed by atoms with E-state index < -0.39 is 0 Å². The molecule has 2 N–H and O–H groups in total. The second kappa shape index (κ2) is 4.09. The number of nitrogens with two attached hydrogens (primary N) is 1. The van der Waals surface area contributed by atoms with Gasteiger partial charge in [0.15, 0.2) is 0 Å². The van der Waals surface area contributed by atoms with Crippen molar-refractivity contribution in [2.24, 2.45) is 5.73 Å². The van der Waals surface area contributed by atoms with Crippen LogP contribution in [0.3, 0.4) is 0 Å². The quantitative estimate of drug-likeness (QED) is 0.856. The lowest BCUT2D eigenvalue weighted by Gasteiger charge is -2.15. The Labute approximate surface area is 94.3 Å². The molecule has 2 aromatic heterocycles. The summed E-state index contributed by atoms with van der Waals surface area (Å²) >= 11 is 0. The van der Waals surface area contributed by atoms with Gasteiger partial charge in [-0.2, -0.15) is 0 Å². The monoisotopic (exact) mass is 220 g/mol. The fourth-order valence-electron chi connectivity index (χ4n) is 1.68. The zero-order valence-corrected chi connectivity index (χ0v) is 9.71. The molecule has 2 aromatic rings. The molecular weight excluding hydrogens is 204 g/mol. The number of hydrogen-bond acceptors (Lipinski definition) is 4. The third-order valence-corrected chi connectivity index (χ3v) is 2.58. The number of oxazole rings is 1. The molecule has 86 valence electrons. The highest BCUT2D eigenvalue weighted by molar-refractivity contribution is 5.08. The minimum absolute atomic E-state index is 0.0113. The SMILES string of the molecule is Cc1cnc(C(C)n2cncc2[C@H](C)N)o1. The van der Waals surface area contributed by atoms with Crippen molar-refractivity contribution in [3.8, 4) is 0 Å². The number of nitrogens with zero attached hydrogens (tertiary/aromatic N) is 3. The van der Waals surface area contributed by atoms with Gasteiger partial charge in [-0.1, -0.05) is 0 Å². The number of hydrogen-bond donors (Lipinski definition) is 1. The van der Waals surface area contributed by atoms with Crippen molar-refractivity contribution in [2.45, 2.75) is 32.9 Å². The van der Waals surface area contributed by atoms with E-state index in [1.165, 1.54) is 0 Å². The Morgan fingerprint density at radius 1 is 1.38 bits per heavy atom. The third-order valence-electron chi connectivity index (χ3n) is 2.58. The highest BCUT2D eigenvalue weighted by Gasteiger charge is 2.17. The van der Waals surface area contributed by atoms with Crippen LogP contribution in [0.5, 0.6) is 0 Å². The van der Waals surface area contributed by atoms with Gasteiger partial charge in [0.25, 0.3) is 0 Å². The van der Waals surface area contributed by atoms with Crippen LogP contribution in [0.2, 0.25) is 0 Å². The molecule has 2 rings (SSSR count). The average Bonchev–Trinajstić information content (AvgIpc) is 2.84. The van der Waals surface area contributed by atoms with Gasteiger partial charge < -0.3 is 14.7 Å². The molecule has 0 aliphatic carbocycles. The van der Waals surface area contributed by atoms with Gasteiger partial charge in [-0.3, -0.25) is 0 Å². The van der Waals surface area contributed by atoms with E-state index in [-0.39, 0.29) is 12.1 Å². The van der Waals surface area contributed by atoms with Crippen molar-refractivity contribution in [1.29, 1.82) is 0 Å². The van der Waals surface area contributed by atoms with E-state index >= 15 is 0 Å². The molecule has 0 saturated heterocycles. The minimum atomic E-state index is -0.0546. The molecule has 0 radical (unpaired) electrons. The minimum Gasteiger partial charge on any atom is -0.444 e. The molecule has 0 amide bonds. The summed E-state index contributed by atoms with van der Waals surface area (Å²) in [6, 6.07) is -0.0433. The van der Waals surface area contributed by atoms with Gasteiger partial charge in [0.05, 0.1) is 18.2 Å². The normalized spacial score (nSPS) is 15.0. The molecule has 0 aliphatic heterocycles. The zero-order chi connectivity index (χ0) is 11.7. The van der Waals surface area contributed by atoms with Crippen molar-refractivity contribution in [2.75, 3.05) is 0 Å². The lowest BCUT2D eigenvalue weighted by Crippen LogP contribution is -2.15. The van der Waals surface area contributed by atoms with Crippen molar-refractivity contribution in [3.63, 3.8) is 0 Å². The van der Waals surface area contributed by atoms with Crippen LogP contribution in [0.1, 0.15) is 43.3 Å². The summed E-state index contributed by atoms with van der Waals surface area (Å²) in [5.74, 6) is 1.49. The largest absolute Gasteiger partial charge is 0.444 e. The van der Waals surface area contributed by atoms with Gasteiger partial charge in [-0.15, -0.1) is 0 Å². The summed E-state index contributed by atoms with van der Waals surface area (Å²) < 4.78 is 7.49. The molecule has 1 unspecified atom stereocenters. The molecule has 5 heteroatoms. The summed E-state index contributed by atoms with van der Waals surface area (Å²) in [4.78, 5) is 8.33. The van der Waals surface area contributed by atoms with E-state index in [1.807, 2.05) is 25.3 Å². The predicted octanol–water partition coefficient (Wildman–Crippen LogP) is 1.81. The standard InChI is InChI=1S/C11H16N4O/c1-7-4-14-11(16-7)9(3)15-6-13-5-10(15)8(2)12/h4-6,8-9H,12H2,1-3H3/t8-,9?/m0/s1. The lowest BCUT2D eigenvalue weighted by molar-refractivity contribution is 0.407. The van der Waals surface area contributed by atoms with Crippen LogP contribution in [0.4, 0.5) is 0 Å². The van der Waals surface area contributed by atoms with Gasteiger partial charge >= 0.3 is 0 Å². The summed E-state index contributed by atoms with van der Waals surface area (Å²) in [5, 5.41) is 0. The molecule has 0 spiro atoms. The van der Waals surface area contributed by atoms with Crippen molar-refractivity contribution in [3.05, 3.63) is 36.1 Å². The molecule has 16 heavy (non-hydrogen) atoms. The van der Waals surface area contributed by atoms with Crippen molar-refractivity contribution >= 4 is 0 Å². The summed E-state index contributed by atoms with van der Waals surface area (Å²) in [6.07, 6.45) is 5.24. The molecule has 0 aromatic carbocycles. The molecule has 0 fully saturated rings. The van der Waals surface area contributed by atoms with Crippen LogP contribution in [0.15, 0.2) is 23.1 Å². The van der Waals surface area contributed by atoms with Gasteiger partial charge in [-0.25, -0.2) is 9.97 Å². The average molecular weight is 220 g/mol. The molecule has 0 saturated carbocycles.